The number of halogens is 1. The van der Waals surface area contributed by atoms with Gasteiger partial charge in [0.25, 0.3) is 0 Å². The van der Waals surface area contributed by atoms with Gasteiger partial charge >= 0.3 is 0 Å². The Morgan fingerprint density at radius 1 is 0.522 bits per heavy atom. The van der Waals surface area contributed by atoms with Crippen LogP contribution < -0.4 is 0 Å². The van der Waals surface area contributed by atoms with Crippen LogP contribution in [0.1, 0.15) is 129 Å². The summed E-state index contributed by atoms with van der Waals surface area (Å²) in [4.78, 5) is 0. The van der Waals surface area contributed by atoms with Crippen LogP contribution in [0.2, 0.25) is 0 Å². The molecule has 0 amide bonds. The van der Waals surface area contributed by atoms with E-state index in [1.807, 2.05) is 0 Å². The van der Waals surface area contributed by atoms with Crippen LogP contribution in [0.15, 0.2) is 0 Å². The van der Waals surface area contributed by atoms with Crippen LogP contribution in [0, 0.1) is 6.92 Å². The molecular weight excluding hydrogens is 283 g/mol. The summed E-state index contributed by atoms with van der Waals surface area (Å²) in [7, 11) is 0. The minimum Gasteiger partial charge on any atom is -0.248 e. The van der Waals surface area contributed by atoms with Gasteiger partial charge < -0.3 is 0 Å². The molecule has 0 fully saturated rings. The Balaban J connectivity index is 2.95. The summed E-state index contributed by atoms with van der Waals surface area (Å²) in [5.74, 6) is 0. The van der Waals surface area contributed by atoms with E-state index in [9.17, 15) is 4.39 Å². The Bertz CT molecular complexity index is 200. The van der Waals surface area contributed by atoms with E-state index in [2.05, 4.69) is 6.92 Å². The van der Waals surface area contributed by atoms with Gasteiger partial charge in [0.2, 0.25) is 0 Å². The first kappa shape index (κ1) is 22.9. The van der Waals surface area contributed by atoms with Crippen LogP contribution in [0.25, 0.3) is 0 Å². The van der Waals surface area contributed by atoms with Crippen molar-refractivity contribution in [1.82, 2.24) is 0 Å². The van der Waals surface area contributed by atoms with E-state index in [0.717, 1.165) is 19.3 Å². The second kappa shape index (κ2) is 20.0. The second-order valence-electron chi connectivity index (χ2n) is 7.43. The Labute approximate surface area is 147 Å². The molecular formula is C22H44F. The maximum atomic E-state index is 12.6. The number of rotatable bonds is 19. The SMILES string of the molecule is [CH2]CCCCCCCCCCCCCCCCCCCC(C)F. The van der Waals surface area contributed by atoms with Gasteiger partial charge in [-0.2, -0.15) is 0 Å². The summed E-state index contributed by atoms with van der Waals surface area (Å²) < 4.78 is 12.6. The third-order valence-corrected chi connectivity index (χ3v) is 4.85. The van der Waals surface area contributed by atoms with Crippen LogP contribution in [-0.4, -0.2) is 6.17 Å². The summed E-state index contributed by atoms with van der Waals surface area (Å²) in [6.45, 7) is 5.56. The average molecular weight is 328 g/mol. The van der Waals surface area contributed by atoms with Crippen molar-refractivity contribution >= 4 is 0 Å². The summed E-state index contributed by atoms with van der Waals surface area (Å²) in [6.07, 6.45) is 24.7. The second-order valence-corrected chi connectivity index (χ2v) is 7.43. The summed E-state index contributed by atoms with van der Waals surface area (Å²) in [5, 5.41) is 0. The smallest absolute Gasteiger partial charge is 0.0973 e. The Hall–Kier alpha value is -0.0700. The predicted molar refractivity (Wildman–Crippen MR) is 104 cm³/mol. The van der Waals surface area contributed by atoms with Crippen LogP contribution in [0.5, 0.6) is 0 Å². The molecule has 0 aliphatic heterocycles. The molecule has 0 N–H and O–H groups in total. The number of hydrogen-bond donors (Lipinski definition) is 0. The highest BCUT2D eigenvalue weighted by Gasteiger charge is 1.98. The van der Waals surface area contributed by atoms with Crippen LogP contribution in [-0.2, 0) is 0 Å². The Morgan fingerprint density at radius 2 is 0.783 bits per heavy atom. The monoisotopic (exact) mass is 327 g/mol. The third-order valence-electron chi connectivity index (χ3n) is 4.85. The van der Waals surface area contributed by atoms with Gasteiger partial charge in [-0.3, -0.25) is 0 Å². The molecule has 139 valence electrons. The molecule has 1 atom stereocenters. The van der Waals surface area contributed by atoms with Crippen molar-refractivity contribution in [3.05, 3.63) is 6.92 Å². The van der Waals surface area contributed by atoms with Crippen molar-refractivity contribution in [2.24, 2.45) is 0 Å². The fraction of sp³-hybridized carbons (Fsp3) is 0.955. The van der Waals surface area contributed by atoms with Gasteiger partial charge in [0.1, 0.15) is 0 Å². The van der Waals surface area contributed by atoms with Crippen molar-refractivity contribution in [1.29, 1.82) is 0 Å². The summed E-state index contributed by atoms with van der Waals surface area (Å²) >= 11 is 0. The lowest BCUT2D eigenvalue weighted by Crippen LogP contribution is -1.91. The molecule has 0 bridgehead atoms. The van der Waals surface area contributed by atoms with E-state index in [0.29, 0.717) is 0 Å². The Morgan fingerprint density at radius 3 is 1.04 bits per heavy atom. The lowest BCUT2D eigenvalue weighted by atomic mass is 10.0. The summed E-state index contributed by atoms with van der Waals surface area (Å²) in [5.41, 5.74) is 0. The van der Waals surface area contributed by atoms with Gasteiger partial charge in [-0.25, -0.2) is 4.39 Å². The zero-order chi connectivity index (χ0) is 17.0. The molecule has 23 heavy (non-hydrogen) atoms. The van der Waals surface area contributed by atoms with Crippen molar-refractivity contribution in [3.63, 3.8) is 0 Å². The lowest BCUT2D eigenvalue weighted by molar-refractivity contribution is 0.329. The fourth-order valence-electron chi connectivity index (χ4n) is 3.25. The van der Waals surface area contributed by atoms with Crippen molar-refractivity contribution < 1.29 is 4.39 Å². The van der Waals surface area contributed by atoms with E-state index in [4.69, 9.17) is 0 Å². The highest BCUT2D eigenvalue weighted by atomic mass is 19.1. The first-order chi connectivity index (χ1) is 11.3. The van der Waals surface area contributed by atoms with Gasteiger partial charge in [0.15, 0.2) is 0 Å². The van der Waals surface area contributed by atoms with Crippen LogP contribution in [0.3, 0.4) is 0 Å². The molecule has 0 heterocycles. The Kier molecular flexibility index (Phi) is 19.9. The normalized spacial score (nSPS) is 12.7. The van der Waals surface area contributed by atoms with Gasteiger partial charge in [0, 0.05) is 0 Å². The number of alkyl halides is 1. The van der Waals surface area contributed by atoms with Gasteiger partial charge in [-0.15, -0.1) is 0 Å². The fourth-order valence-corrected chi connectivity index (χ4v) is 3.25. The third kappa shape index (κ3) is 21.9. The topological polar surface area (TPSA) is 0 Å². The first-order valence-corrected chi connectivity index (χ1v) is 10.7. The molecule has 0 aromatic heterocycles. The van der Waals surface area contributed by atoms with E-state index >= 15 is 0 Å². The molecule has 0 aliphatic rings. The molecule has 0 saturated heterocycles. The highest BCUT2D eigenvalue weighted by Crippen LogP contribution is 2.14. The molecule has 1 unspecified atom stereocenters. The molecule has 0 spiro atoms. The predicted octanol–water partition coefficient (Wildman–Crippen LogP) is 8.59. The van der Waals surface area contributed by atoms with E-state index in [-0.39, 0.29) is 0 Å². The largest absolute Gasteiger partial charge is 0.248 e. The van der Waals surface area contributed by atoms with Crippen molar-refractivity contribution in [3.8, 4) is 0 Å². The molecule has 1 radical (unpaired) electrons. The molecule has 0 saturated carbocycles. The van der Waals surface area contributed by atoms with E-state index in [1.54, 1.807) is 6.92 Å². The standard InChI is InChI=1S/C22H44F/c1-3-4-5-6-7-8-9-10-11-12-13-14-15-16-17-18-19-20-21-22(2)23/h22H,1,3-21H2,2H3. The molecule has 0 nitrogen and oxygen atoms in total. The van der Waals surface area contributed by atoms with E-state index < -0.39 is 6.17 Å². The number of unbranched alkanes of at least 4 members (excludes halogenated alkanes) is 17. The van der Waals surface area contributed by atoms with E-state index in [1.165, 1.54) is 103 Å². The zero-order valence-corrected chi connectivity index (χ0v) is 16.1. The zero-order valence-electron chi connectivity index (χ0n) is 16.1. The van der Waals surface area contributed by atoms with Crippen LogP contribution in [0.4, 0.5) is 4.39 Å². The number of hydrogen-bond acceptors (Lipinski definition) is 0. The lowest BCUT2D eigenvalue weighted by Gasteiger charge is -2.04. The average Bonchev–Trinajstić information content (AvgIpc) is 2.53. The molecule has 0 aromatic carbocycles. The minimum atomic E-state index is -0.603. The quantitative estimate of drug-likeness (QED) is 0.208. The van der Waals surface area contributed by atoms with Gasteiger partial charge in [0.05, 0.1) is 6.17 Å². The van der Waals surface area contributed by atoms with Gasteiger partial charge in [-0.05, 0) is 13.3 Å². The minimum absolute atomic E-state index is 0.603. The summed E-state index contributed by atoms with van der Waals surface area (Å²) in [6, 6.07) is 0. The van der Waals surface area contributed by atoms with Crippen LogP contribution >= 0.6 is 0 Å². The van der Waals surface area contributed by atoms with Gasteiger partial charge in [-0.1, -0.05) is 122 Å². The van der Waals surface area contributed by atoms with Crippen molar-refractivity contribution in [2.75, 3.05) is 0 Å². The molecule has 1 heteroatoms. The maximum Gasteiger partial charge on any atom is 0.0973 e. The first-order valence-electron chi connectivity index (χ1n) is 10.7. The highest BCUT2D eigenvalue weighted by molar-refractivity contribution is 4.52. The molecule has 0 rings (SSSR count). The van der Waals surface area contributed by atoms with Crippen molar-refractivity contribution in [2.45, 2.75) is 135 Å². The molecule has 0 aliphatic carbocycles. The maximum absolute atomic E-state index is 12.6. The molecule has 0 aromatic rings.